The Bertz CT molecular complexity index is 1480. The third kappa shape index (κ3) is 5.64. The third-order valence-electron chi connectivity index (χ3n) is 5.54. The Morgan fingerprint density at radius 3 is 2.08 bits per heavy atom. The van der Waals surface area contributed by atoms with Crippen LogP contribution >= 0.6 is 0 Å². The molecule has 0 N–H and O–H groups in total. The van der Waals surface area contributed by atoms with E-state index in [0.29, 0.717) is 16.9 Å². The minimum absolute atomic E-state index is 0.00701. The molecule has 3 aromatic carbocycles. The number of carbonyl (C=O) groups is 2. The lowest BCUT2D eigenvalue weighted by Crippen LogP contribution is -2.10. The smallest absolute Gasteiger partial charge is 0.363 e. The molecule has 1 aliphatic heterocycles. The molecule has 0 radical (unpaired) electrons. The molecule has 0 saturated carbocycles. The van der Waals surface area contributed by atoms with Crippen LogP contribution in [-0.2, 0) is 9.53 Å². The molecule has 1 heterocycles. The number of nitrogens with zero attached hydrogens (tertiary/aromatic N) is 2. The molecule has 200 valence electrons. The van der Waals surface area contributed by atoms with E-state index >= 15 is 0 Å². The van der Waals surface area contributed by atoms with Gasteiger partial charge in [0.1, 0.15) is 0 Å². The fourth-order valence-electron chi connectivity index (χ4n) is 3.63. The Labute approximate surface area is 222 Å². The van der Waals surface area contributed by atoms with Crippen LogP contribution in [0.25, 0.3) is 6.08 Å². The number of carbonyl (C=O) groups excluding carboxylic acids is 2. The van der Waals surface area contributed by atoms with Crippen molar-refractivity contribution in [3.63, 3.8) is 0 Å². The first-order valence-electron chi connectivity index (χ1n) is 11.3. The highest BCUT2D eigenvalue weighted by molar-refractivity contribution is 6.13. The van der Waals surface area contributed by atoms with Crippen LogP contribution in [0, 0.1) is 10.1 Å². The van der Waals surface area contributed by atoms with Gasteiger partial charge in [0.05, 0.1) is 38.9 Å². The summed E-state index contributed by atoms with van der Waals surface area (Å²) in [4.78, 5) is 39.8. The van der Waals surface area contributed by atoms with Crippen molar-refractivity contribution >= 4 is 29.6 Å². The van der Waals surface area contributed by atoms with Crippen LogP contribution in [0.4, 0.5) is 5.69 Å². The largest absolute Gasteiger partial charge is 0.493 e. The molecular weight excluding hydrogens is 512 g/mol. The quantitative estimate of drug-likeness (QED) is 0.129. The van der Waals surface area contributed by atoms with E-state index in [2.05, 4.69) is 4.99 Å². The number of benzene rings is 3. The number of rotatable bonds is 9. The number of nitro benzene ring substituents is 1. The SMILES string of the molecule is COc1cc(/C=C2\N=C(c3ccc([N+](=O)[O-])cc3)OC2=O)ccc1OC(=O)c1cc(OC)c(OC)c(OC)c1. The number of nitro groups is 1. The van der Waals surface area contributed by atoms with Crippen LogP contribution in [-0.4, -0.2) is 51.2 Å². The summed E-state index contributed by atoms with van der Waals surface area (Å²) in [6.07, 6.45) is 1.47. The van der Waals surface area contributed by atoms with Crippen molar-refractivity contribution in [3.05, 3.63) is 87.1 Å². The standard InChI is InChI=1S/C27H22N2O10/c1-34-21-12-15(11-19-27(31)39-25(28-19)16-6-8-18(9-7-16)29(32)33)5-10-20(21)38-26(30)17-13-22(35-2)24(37-4)23(14-17)36-3/h5-14H,1-4H3/b19-11-. The molecule has 4 rings (SSSR count). The first kappa shape index (κ1) is 26.7. The van der Waals surface area contributed by atoms with E-state index in [-0.39, 0.29) is 45.8 Å². The highest BCUT2D eigenvalue weighted by atomic mass is 16.6. The average molecular weight is 534 g/mol. The maximum atomic E-state index is 12.9. The van der Waals surface area contributed by atoms with E-state index in [1.807, 2.05) is 0 Å². The number of ether oxygens (including phenoxy) is 6. The van der Waals surface area contributed by atoms with Gasteiger partial charge in [-0.1, -0.05) is 6.07 Å². The van der Waals surface area contributed by atoms with Crippen molar-refractivity contribution in [1.82, 2.24) is 0 Å². The lowest BCUT2D eigenvalue weighted by atomic mass is 10.1. The molecule has 0 unspecified atom stereocenters. The van der Waals surface area contributed by atoms with E-state index in [4.69, 9.17) is 28.4 Å². The number of hydrogen-bond acceptors (Lipinski definition) is 11. The van der Waals surface area contributed by atoms with Crippen molar-refractivity contribution in [1.29, 1.82) is 0 Å². The zero-order valence-electron chi connectivity index (χ0n) is 21.3. The molecule has 12 nitrogen and oxygen atoms in total. The summed E-state index contributed by atoms with van der Waals surface area (Å²) in [5, 5.41) is 10.9. The first-order chi connectivity index (χ1) is 18.8. The predicted molar refractivity (Wildman–Crippen MR) is 138 cm³/mol. The number of methoxy groups -OCH3 is 4. The van der Waals surface area contributed by atoms with Gasteiger partial charge in [-0.25, -0.2) is 14.6 Å². The summed E-state index contributed by atoms with van der Waals surface area (Å²) in [5.74, 6) is -0.126. The van der Waals surface area contributed by atoms with Gasteiger partial charge in [-0.05, 0) is 48.0 Å². The van der Waals surface area contributed by atoms with Gasteiger partial charge >= 0.3 is 11.9 Å². The van der Waals surface area contributed by atoms with E-state index in [0.717, 1.165) is 0 Å². The third-order valence-corrected chi connectivity index (χ3v) is 5.54. The van der Waals surface area contributed by atoms with Crippen LogP contribution in [0.1, 0.15) is 21.5 Å². The van der Waals surface area contributed by atoms with Crippen LogP contribution in [0.3, 0.4) is 0 Å². The maximum absolute atomic E-state index is 12.9. The Morgan fingerprint density at radius 2 is 1.51 bits per heavy atom. The predicted octanol–water partition coefficient (Wildman–Crippen LogP) is 4.19. The second kappa shape index (κ2) is 11.3. The molecular formula is C27H22N2O10. The minimum atomic E-state index is -0.699. The molecule has 0 fully saturated rings. The van der Waals surface area contributed by atoms with Crippen molar-refractivity contribution < 1.29 is 42.9 Å². The Balaban J connectivity index is 1.57. The molecule has 0 saturated heterocycles. The second-order valence-corrected chi connectivity index (χ2v) is 7.85. The average Bonchev–Trinajstić information content (AvgIpc) is 3.32. The van der Waals surface area contributed by atoms with Gasteiger partial charge in [0.2, 0.25) is 11.6 Å². The number of hydrogen-bond donors (Lipinski definition) is 0. The fourth-order valence-corrected chi connectivity index (χ4v) is 3.63. The van der Waals surface area contributed by atoms with Gasteiger partial charge in [-0.15, -0.1) is 0 Å². The summed E-state index contributed by atoms with van der Waals surface area (Å²) >= 11 is 0. The summed E-state index contributed by atoms with van der Waals surface area (Å²) < 4.78 is 32.0. The van der Waals surface area contributed by atoms with E-state index in [1.165, 1.54) is 77.0 Å². The van der Waals surface area contributed by atoms with Crippen LogP contribution in [0.15, 0.2) is 65.3 Å². The van der Waals surface area contributed by atoms with Gasteiger partial charge in [0.25, 0.3) is 5.69 Å². The molecule has 3 aromatic rings. The minimum Gasteiger partial charge on any atom is -0.493 e. The Morgan fingerprint density at radius 1 is 0.872 bits per heavy atom. The van der Waals surface area contributed by atoms with Gasteiger partial charge in [0, 0.05) is 17.7 Å². The van der Waals surface area contributed by atoms with E-state index in [9.17, 15) is 19.7 Å². The molecule has 12 heteroatoms. The fraction of sp³-hybridized carbons (Fsp3) is 0.148. The number of cyclic esters (lactones) is 1. The van der Waals surface area contributed by atoms with Crippen molar-refractivity contribution in [3.8, 4) is 28.7 Å². The summed E-state index contributed by atoms with van der Waals surface area (Å²) in [7, 11) is 5.72. The van der Waals surface area contributed by atoms with Crippen molar-refractivity contribution in [2.24, 2.45) is 4.99 Å². The molecule has 0 spiro atoms. The monoisotopic (exact) mass is 534 g/mol. The topological polar surface area (TPSA) is 145 Å². The van der Waals surface area contributed by atoms with Crippen LogP contribution in [0.2, 0.25) is 0 Å². The maximum Gasteiger partial charge on any atom is 0.363 e. The van der Waals surface area contributed by atoms with Gasteiger partial charge in [-0.3, -0.25) is 10.1 Å². The zero-order valence-corrected chi connectivity index (χ0v) is 21.3. The highest BCUT2D eigenvalue weighted by Crippen LogP contribution is 2.39. The summed E-state index contributed by atoms with van der Waals surface area (Å²) in [5.41, 5.74) is 0.980. The second-order valence-electron chi connectivity index (χ2n) is 7.85. The van der Waals surface area contributed by atoms with Crippen LogP contribution < -0.4 is 23.7 Å². The van der Waals surface area contributed by atoms with Crippen LogP contribution in [0.5, 0.6) is 28.7 Å². The van der Waals surface area contributed by atoms with E-state index in [1.54, 1.807) is 12.1 Å². The molecule has 0 aliphatic carbocycles. The van der Waals surface area contributed by atoms with Gasteiger partial charge in [-0.2, -0.15) is 0 Å². The first-order valence-corrected chi connectivity index (χ1v) is 11.3. The number of esters is 2. The van der Waals surface area contributed by atoms with Gasteiger partial charge < -0.3 is 28.4 Å². The highest BCUT2D eigenvalue weighted by Gasteiger charge is 2.25. The molecule has 0 atom stereocenters. The lowest BCUT2D eigenvalue weighted by molar-refractivity contribution is -0.384. The number of aliphatic imine (C=N–C) groups is 1. The molecule has 1 aliphatic rings. The molecule has 0 amide bonds. The normalized spacial score (nSPS) is 13.4. The summed E-state index contributed by atoms with van der Waals surface area (Å²) in [6.45, 7) is 0. The molecule has 39 heavy (non-hydrogen) atoms. The molecule has 0 aromatic heterocycles. The summed E-state index contributed by atoms with van der Waals surface area (Å²) in [6, 6.07) is 13.0. The lowest BCUT2D eigenvalue weighted by Gasteiger charge is -2.14. The zero-order chi connectivity index (χ0) is 28.1. The van der Waals surface area contributed by atoms with Gasteiger partial charge in [0.15, 0.2) is 28.7 Å². The van der Waals surface area contributed by atoms with Crippen molar-refractivity contribution in [2.45, 2.75) is 0 Å². The number of non-ortho nitro benzene ring substituents is 1. The Hall–Kier alpha value is -5.39. The Kier molecular flexibility index (Phi) is 7.75. The molecule has 0 bridgehead atoms. The van der Waals surface area contributed by atoms with Crippen molar-refractivity contribution in [2.75, 3.05) is 28.4 Å². The van der Waals surface area contributed by atoms with E-state index < -0.39 is 16.9 Å².